The van der Waals surface area contributed by atoms with E-state index in [4.69, 9.17) is 5.84 Å². The smallest absolute Gasteiger partial charge is 0.253 e. The van der Waals surface area contributed by atoms with Gasteiger partial charge in [-0.25, -0.2) is 0 Å². The van der Waals surface area contributed by atoms with Crippen molar-refractivity contribution in [3.8, 4) is 0 Å². The number of nitrogens with two attached hydrogens (primary N) is 1. The van der Waals surface area contributed by atoms with Crippen molar-refractivity contribution in [2.75, 3.05) is 18.5 Å². The Morgan fingerprint density at radius 3 is 2.78 bits per heavy atom. The number of hydrazine groups is 1. The Morgan fingerprint density at radius 1 is 1.56 bits per heavy atom. The molecule has 4 N–H and O–H groups in total. The number of carbonyl (C=O) groups excluding carboxylic acids is 1. The first-order chi connectivity index (χ1) is 8.43. The van der Waals surface area contributed by atoms with Gasteiger partial charge in [-0.3, -0.25) is 10.6 Å². The second kappa shape index (κ2) is 4.59. The predicted molar refractivity (Wildman–Crippen MR) is 70.1 cm³/mol. The lowest BCUT2D eigenvalue weighted by Crippen LogP contribution is -2.33. The number of aryl methyl sites for hydroxylation is 1. The van der Waals surface area contributed by atoms with E-state index < -0.39 is 5.60 Å². The molecule has 2 rings (SSSR count). The van der Waals surface area contributed by atoms with E-state index in [1.165, 1.54) is 0 Å². The lowest BCUT2D eigenvalue weighted by atomic mass is 10.1. The van der Waals surface area contributed by atoms with Crippen LogP contribution in [0.25, 0.3) is 0 Å². The van der Waals surface area contributed by atoms with Gasteiger partial charge in [0.1, 0.15) is 0 Å². The number of nitrogens with zero attached hydrogens (tertiary/aromatic N) is 1. The van der Waals surface area contributed by atoms with Crippen molar-refractivity contribution in [3.63, 3.8) is 0 Å². The number of hydrogen-bond donors (Lipinski definition) is 3. The third-order valence-corrected chi connectivity index (χ3v) is 3.37. The minimum absolute atomic E-state index is 0.0422. The fourth-order valence-electron chi connectivity index (χ4n) is 2.26. The van der Waals surface area contributed by atoms with Crippen LogP contribution in [0.4, 0.5) is 5.69 Å². The average molecular weight is 249 g/mol. The van der Waals surface area contributed by atoms with Gasteiger partial charge in [0.05, 0.1) is 11.3 Å². The molecule has 5 nitrogen and oxygen atoms in total. The fourth-order valence-corrected chi connectivity index (χ4v) is 2.26. The van der Waals surface area contributed by atoms with Crippen LogP contribution in [0.1, 0.15) is 29.3 Å². The molecular weight excluding hydrogens is 230 g/mol. The van der Waals surface area contributed by atoms with E-state index in [0.717, 1.165) is 11.3 Å². The van der Waals surface area contributed by atoms with Gasteiger partial charge < -0.3 is 15.4 Å². The number of rotatable bonds is 2. The van der Waals surface area contributed by atoms with Crippen molar-refractivity contribution in [2.24, 2.45) is 5.84 Å². The van der Waals surface area contributed by atoms with Crippen molar-refractivity contribution < 1.29 is 9.90 Å². The second-order valence-corrected chi connectivity index (χ2v) is 5.15. The molecule has 0 saturated carbocycles. The lowest BCUT2D eigenvalue weighted by Gasteiger charge is -2.19. The molecule has 0 spiro atoms. The highest BCUT2D eigenvalue weighted by molar-refractivity contribution is 5.95. The van der Waals surface area contributed by atoms with Crippen molar-refractivity contribution in [1.82, 2.24) is 4.90 Å². The van der Waals surface area contributed by atoms with Gasteiger partial charge in [0.2, 0.25) is 0 Å². The number of hydrogen-bond acceptors (Lipinski definition) is 4. The Bertz CT molecular complexity index is 471. The number of amides is 1. The predicted octanol–water partition coefficient (Wildman–Crippen LogP) is 0.878. The molecule has 1 saturated heterocycles. The van der Waals surface area contributed by atoms with Crippen LogP contribution in [0.2, 0.25) is 0 Å². The van der Waals surface area contributed by atoms with Crippen LogP contribution in [0, 0.1) is 6.92 Å². The molecule has 1 fully saturated rings. The number of nitrogen functional groups attached to an aromatic ring is 1. The number of carbonyl (C=O) groups is 1. The van der Waals surface area contributed by atoms with Crippen LogP contribution in [0.15, 0.2) is 18.2 Å². The Kier molecular flexibility index (Phi) is 3.28. The molecular formula is C13H19N3O2. The quantitative estimate of drug-likeness (QED) is 0.537. The average Bonchev–Trinajstić information content (AvgIpc) is 2.68. The molecule has 1 heterocycles. The summed E-state index contributed by atoms with van der Waals surface area (Å²) >= 11 is 0. The molecule has 1 aromatic rings. The molecule has 0 radical (unpaired) electrons. The van der Waals surface area contributed by atoms with Crippen LogP contribution in [0.3, 0.4) is 0 Å². The van der Waals surface area contributed by atoms with Gasteiger partial charge in [-0.1, -0.05) is 0 Å². The van der Waals surface area contributed by atoms with Crippen LogP contribution < -0.4 is 11.3 Å². The van der Waals surface area contributed by atoms with E-state index in [-0.39, 0.29) is 5.91 Å². The van der Waals surface area contributed by atoms with E-state index in [1.807, 2.05) is 13.0 Å². The van der Waals surface area contributed by atoms with Gasteiger partial charge in [0.15, 0.2) is 0 Å². The molecule has 18 heavy (non-hydrogen) atoms. The molecule has 0 aliphatic carbocycles. The topological polar surface area (TPSA) is 78.6 Å². The summed E-state index contributed by atoms with van der Waals surface area (Å²) < 4.78 is 0. The zero-order valence-electron chi connectivity index (χ0n) is 10.7. The Hall–Kier alpha value is -1.59. The van der Waals surface area contributed by atoms with E-state index >= 15 is 0 Å². The summed E-state index contributed by atoms with van der Waals surface area (Å²) in [6, 6.07) is 5.35. The van der Waals surface area contributed by atoms with Gasteiger partial charge in [0.25, 0.3) is 5.91 Å². The first-order valence-electron chi connectivity index (χ1n) is 6.02. The standard InChI is InChI=1S/C13H19N3O2/c1-9-7-10(3-4-11(9)15-14)12(17)16-6-5-13(2,18)8-16/h3-4,7,15,18H,5-6,8,14H2,1-2H3. The number of β-amino-alcohol motifs (C(OH)–C–C–N with tert-alkyl or cyclic N) is 1. The highest BCUT2D eigenvalue weighted by Gasteiger charge is 2.34. The summed E-state index contributed by atoms with van der Waals surface area (Å²) in [6.07, 6.45) is 0.625. The normalized spacial score (nSPS) is 23.2. The van der Waals surface area contributed by atoms with Gasteiger partial charge in [0, 0.05) is 18.7 Å². The van der Waals surface area contributed by atoms with Gasteiger partial charge in [-0.05, 0) is 44.0 Å². The first kappa shape index (κ1) is 12.9. The van der Waals surface area contributed by atoms with E-state index in [9.17, 15) is 9.90 Å². The van der Waals surface area contributed by atoms with Crippen LogP contribution in [-0.2, 0) is 0 Å². The van der Waals surface area contributed by atoms with Crippen LogP contribution in [-0.4, -0.2) is 34.6 Å². The Labute approximate surface area is 107 Å². The minimum Gasteiger partial charge on any atom is -0.388 e. The van der Waals surface area contributed by atoms with E-state index in [1.54, 1.807) is 24.0 Å². The summed E-state index contributed by atoms with van der Waals surface area (Å²) in [7, 11) is 0. The summed E-state index contributed by atoms with van der Waals surface area (Å²) in [5, 5.41) is 9.88. The third kappa shape index (κ3) is 2.47. The molecule has 0 aromatic heterocycles. The zero-order chi connectivity index (χ0) is 13.3. The zero-order valence-corrected chi connectivity index (χ0v) is 10.7. The van der Waals surface area contributed by atoms with Gasteiger partial charge >= 0.3 is 0 Å². The van der Waals surface area contributed by atoms with Gasteiger partial charge in [-0.2, -0.15) is 0 Å². The molecule has 1 unspecified atom stereocenters. The number of nitrogens with one attached hydrogen (secondary N) is 1. The molecule has 1 aliphatic rings. The molecule has 5 heteroatoms. The Morgan fingerprint density at radius 2 is 2.28 bits per heavy atom. The van der Waals surface area contributed by atoms with E-state index in [2.05, 4.69) is 5.43 Å². The number of benzene rings is 1. The number of anilines is 1. The molecule has 0 bridgehead atoms. The van der Waals surface area contributed by atoms with Crippen molar-refractivity contribution >= 4 is 11.6 Å². The van der Waals surface area contributed by atoms with E-state index in [0.29, 0.717) is 25.1 Å². The number of aliphatic hydroxyl groups is 1. The van der Waals surface area contributed by atoms with Crippen molar-refractivity contribution in [2.45, 2.75) is 25.9 Å². The Balaban J connectivity index is 2.17. The molecule has 1 atom stereocenters. The maximum absolute atomic E-state index is 12.2. The SMILES string of the molecule is Cc1cc(C(=O)N2CCC(C)(O)C2)ccc1NN. The summed E-state index contributed by atoms with van der Waals surface area (Å²) in [6.45, 7) is 4.64. The monoisotopic (exact) mass is 249 g/mol. The highest BCUT2D eigenvalue weighted by atomic mass is 16.3. The van der Waals surface area contributed by atoms with Gasteiger partial charge in [-0.15, -0.1) is 0 Å². The molecule has 1 aliphatic heterocycles. The maximum atomic E-state index is 12.2. The minimum atomic E-state index is -0.760. The molecule has 1 aromatic carbocycles. The maximum Gasteiger partial charge on any atom is 0.253 e. The summed E-state index contributed by atoms with van der Waals surface area (Å²) in [5.41, 5.74) is 4.18. The lowest BCUT2D eigenvalue weighted by molar-refractivity contribution is 0.0572. The van der Waals surface area contributed by atoms with Crippen LogP contribution >= 0.6 is 0 Å². The van der Waals surface area contributed by atoms with Crippen molar-refractivity contribution in [3.05, 3.63) is 29.3 Å². The fraction of sp³-hybridized carbons (Fsp3) is 0.462. The van der Waals surface area contributed by atoms with Crippen LogP contribution in [0.5, 0.6) is 0 Å². The molecule has 1 amide bonds. The summed E-state index contributed by atoms with van der Waals surface area (Å²) in [5.74, 6) is 5.31. The summed E-state index contributed by atoms with van der Waals surface area (Å²) in [4.78, 5) is 13.9. The second-order valence-electron chi connectivity index (χ2n) is 5.15. The van der Waals surface area contributed by atoms with Crippen molar-refractivity contribution in [1.29, 1.82) is 0 Å². The molecule has 98 valence electrons. The highest BCUT2D eigenvalue weighted by Crippen LogP contribution is 2.23. The third-order valence-electron chi connectivity index (χ3n) is 3.37. The first-order valence-corrected chi connectivity index (χ1v) is 6.02. The largest absolute Gasteiger partial charge is 0.388 e. The number of likely N-dealkylation sites (tertiary alicyclic amines) is 1.